The molecule has 0 spiro atoms. The SMILES string of the molecule is CCOC(=O)[C@@H]1CCCN(C(=O)c2sc3ccccc3c2C)C1. The van der Waals surface area contributed by atoms with Crippen molar-refractivity contribution in [2.45, 2.75) is 26.7 Å². The van der Waals surface area contributed by atoms with Crippen LogP contribution in [0.2, 0.25) is 0 Å². The number of aryl methyl sites for hydroxylation is 1. The first-order valence-electron chi connectivity index (χ1n) is 8.05. The van der Waals surface area contributed by atoms with Crippen LogP contribution in [-0.4, -0.2) is 36.5 Å². The van der Waals surface area contributed by atoms with E-state index < -0.39 is 0 Å². The lowest BCUT2D eigenvalue weighted by atomic mass is 9.98. The first-order chi connectivity index (χ1) is 11.1. The molecule has 2 aromatic rings. The first kappa shape index (κ1) is 16.0. The van der Waals surface area contributed by atoms with Crippen LogP contribution in [0.1, 0.15) is 35.0 Å². The summed E-state index contributed by atoms with van der Waals surface area (Å²) in [6.07, 6.45) is 1.65. The minimum atomic E-state index is -0.192. The number of nitrogens with zero attached hydrogens (tertiary/aromatic N) is 1. The van der Waals surface area contributed by atoms with Crippen molar-refractivity contribution in [3.8, 4) is 0 Å². The molecule has 5 heteroatoms. The Morgan fingerprint density at radius 3 is 2.87 bits per heavy atom. The third-order valence-corrected chi connectivity index (χ3v) is 5.63. The first-order valence-corrected chi connectivity index (χ1v) is 8.87. The average molecular weight is 331 g/mol. The number of likely N-dealkylation sites (tertiary alicyclic amines) is 1. The maximum Gasteiger partial charge on any atom is 0.310 e. The van der Waals surface area contributed by atoms with Crippen molar-refractivity contribution in [3.05, 3.63) is 34.7 Å². The molecule has 0 aliphatic carbocycles. The fourth-order valence-electron chi connectivity index (χ4n) is 3.14. The zero-order valence-corrected chi connectivity index (χ0v) is 14.3. The number of amides is 1. The van der Waals surface area contributed by atoms with Crippen LogP contribution in [0, 0.1) is 12.8 Å². The van der Waals surface area contributed by atoms with E-state index in [4.69, 9.17) is 4.74 Å². The Kier molecular flexibility index (Phi) is 4.66. The Morgan fingerprint density at radius 1 is 1.35 bits per heavy atom. The van der Waals surface area contributed by atoms with Crippen LogP contribution in [0.3, 0.4) is 0 Å². The maximum absolute atomic E-state index is 12.9. The fourth-order valence-corrected chi connectivity index (χ4v) is 4.31. The summed E-state index contributed by atoms with van der Waals surface area (Å²) in [6, 6.07) is 8.08. The topological polar surface area (TPSA) is 46.6 Å². The Hall–Kier alpha value is -1.88. The van der Waals surface area contributed by atoms with Crippen LogP contribution < -0.4 is 0 Å². The van der Waals surface area contributed by atoms with Gasteiger partial charge in [0.15, 0.2) is 0 Å². The second-order valence-electron chi connectivity index (χ2n) is 5.89. The van der Waals surface area contributed by atoms with Gasteiger partial charge in [-0.1, -0.05) is 18.2 Å². The Balaban J connectivity index is 1.81. The number of rotatable bonds is 3. The van der Waals surface area contributed by atoms with Crippen molar-refractivity contribution >= 4 is 33.3 Å². The molecule has 1 aromatic carbocycles. The van der Waals surface area contributed by atoms with Gasteiger partial charge in [0.1, 0.15) is 0 Å². The highest BCUT2D eigenvalue weighted by atomic mass is 32.1. The molecule has 0 unspecified atom stereocenters. The number of thiophene rings is 1. The molecule has 1 saturated heterocycles. The summed E-state index contributed by atoms with van der Waals surface area (Å²) in [5.74, 6) is -0.335. The molecule has 1 aliphatic heterocycles. The number of hydrogen-bond acceptors (Lipinski definition) is 4. The van der Waals surface area contributed by atoms with Gasteiger partial charge in [0, 0.05) is 17.8 Å². The molecule has 1 atom stereocenters. The van der Waals surface area contributed by atoms with E-state index in [0.717, 1.165) is 33.4 Å². The molecular formula is C18H21NO3S. The lowest BCUT2D eigenvalue weighted by Crippen LogP contribution is -2.42. The van der Waals surface area contributed by atoms with Crippen LogP contribution in [0.5, 0.6) is 0 Å². The van der Waals surface area contributed by atoms with Crippen molar-refractivity contribution in [1.29, 1.82) is 0 Å². The molecule has 0 radical (unpaired) electrons. The van der Waals surface area contributed by atoms with Gasteiger partial charge in [-0.25, -0.2) is 0 Å². The van der Waals surface area contributed by atoms with Gasteiger partial charge in [0.2, 0.25) is 0 Å². The minimum Gasteiger partial charge on any atom is -0.466 e. The van der Waals surface area contributed by atoms with E-state index in [9.17, 15) is 9.59 Å². The van der Waals surface area contributed by atoms with Gasteiger partial charge in [0.25, 0.3) is 5.91 Å². The third-order valence-electron chi connectivity index (χ3n) is 4.37. The van der Waals surface area contributed by atoms with Gasteiger partial charge in [0.05, 0.1) is 17.4 Å². The molecule has 0 saturated carbocycles. The molecule has 3 rings (SSSR count). The van der Waals surface area contributed by atoms with Gasteiger partial charge in [-0.05, 0) is 43.7 Å². The second kappa shape index (κ2) is 6.71. The largest absolute Gasteiger partial charge is 0.466 e. The molecule has 1 fully saturated rings. The number of esters is 1. The molecule has 122 valence electrons. The van der Waals surface area contributed by atoms with Crippen LogP contribution in [-0.2, 0) is 9.53 Å². The molecule has 0 bridgehead atoms. The standard InChI is InChI=1S/C18H21NO3S/c1-3-22-18(21)13-7-6-10-19(11-13)17(20)16-12(2)14-8-4-5-9-15(14)23-16/h4-5,8-9,13H,3,6-7,10-11H2,1-2H3/t13-/m1/s1. The monoisotopic (exact) mass is 331 g/mol. The molecule has 1 aliphatic rings. The van der Waals surface area contributed by atoms with Gasteiger partial charge < -0.3 is 9.64 Å². The van der Waals surface area contributed by atoms with E-state index in [0.29, 0.717) is 19.7 Å². The van der Waals surface area contributed by atoms with Crippen molar-refractivity contribution in [3.63, 3.8) is 0 Å². The van der Waals surface area contributed by atoms with Crippen molar-refractivity contribution in [1.82, 2.24) is 4.90 Å². The van der Waals surface area contributed by atoms with E-state index in [1.54, 1.807) is 0 Å². The van der Waals surface area contributed by atoms with Crippen LogP contribution in [0.4, 0.5) is 0 Å². The van der Waals surface area contributed by atoms with E-state index in [2.05, 4.69) is 6.07 Å². The van der Waals surface area contributed by atoms with Crippen LogP contribution in [0.15, 0.2) is 24.3 Å². The van der Waals surface area contributed by atoms with E-state index in [1.807, 2.05) is 36.9 Å². The van der Waals surface area contributed by atoms with Crippen molar-refractivity contribution in [2.75, 3.05) is 19.7 Å². The summed E-state index contributed by atoms with van der Waals surface area (Å²) < 4.78 is 6.24. The van der Waals surface area contributed by atoms with E-state index in [1.165, 1.54) is 11.3 Å². The van der Waals surface area contributed by atoms with Gasteiger partial charge >= 0.3 is 5.97 Å². The van der Waals surface area contributed by atoms with Crippen molar-refractivity contribution in [2.24, 2.45) is 5.92 Å². The number of piperidine rings is 1. The summed E-state index contributed by atoms with van der Waals surface area (Å²) in [6.45, 7) is 5.37. The molecule has 1 amide bonds. The smallest absolute Gasteiger partial charge is 0.310 e. The Morgan fingerprint density at radius 2 is 2.13 bits per heavy atom. The van der Waals surface area contributed by atoms with Crippen molar-refractivity contribution < 1.29 is 14.3 Å². The second-order valence-corrected chi connectivity index (χ2v) is 6.95. The summed E-state index contributed by atoms with van der Waals surface area (Å²) in [5, 5.41) is 1.14. The summed E-state index contributed by atoms with van der Waals surface area (Å²) in [4.78, 5) is 27.4. The maximum atomic E-state index is 12.9. The number of carbonyl (C=O) groups is 2. The van der Waals surface area contributed by atoms with Gasteiger partial charge in [-0.15, -0.1) is 11.3 Å². The third kappa shape index (κ3) is 3.11. The molecule has 23 heavy (non-hydrogen) atoms. The predicted octanol–water partition coefficient (Wildman–Crippen LogP) is 3.63. The minimum absolute atomic E-state index is 0.0395. The highest BCUT2D eigenvalue weighted by Crippen LogP contribution is 2.32. The Bertz CT molecular complexity index is 737. The lowest BCUT2D eigenvalue weighted by molar-refractivity contribution is -0.149. The molecular weight excluding hydrogens is 310 g/mol. The molecule has 2 heterocycles. The quantitative estimate of drug-likeness (QED) is 0.807. The normalized spacial score (nSPS) is 18.2. The summed E-state index contributed by atoms with van der Waals surface area (Å²) in [7, 11) is 0. The highest BCUT2D eigenvalue weighted by Gasteiger charge is 2.31. The van der Waals surface area contributed by atoms with Gasteiger partial charge in [-0.3, -0.25) is 9.59 Å². The number of carbonyl (C=O) groups excluding carboxylic acids is 2. The zero-order chi connectivity index (χ0) is 16.4. The van der Waals surface area contributed by atoms with Crippen LogP contribution in [0.25, 0.3) is 10.1 Å². The number of hydrogen-bond donors (Lipinski definition) is 0. The Labute approximate surface area is 140 Å². The highest BCUT2D eigenvalue weighted by molar-refractivity contribution is 7.21. The van der Waals surface area contributed by atoms with E-state index >= 15 is 0 Å². The zero-order valence-electron chi connectivity index (χ0n) is 13.5. The molecule has 1 aromatic heterocycles. The van der Waals surface area contributed by atoms with Crippen LogP contribution >= 0.6 is 11.3 Å². The predicted molar refractivity (Wildman–Crippen MR) is 91.8 cm³/mol. The number of benzene rings is 1. The average Bonchev–Trinajstić information content (AvgIpc) is 2.92. The lowest BCUT2D eigenvalue weighted by Gasteiger charge is -2.31. The summed E-state index contributed by atoms with van der Waals surface area (Å²) >= 11 is 1.54. The molecule has 0 N–H and O–H groups in total. The van der Waals surface area contributed by atoms with E-state index in [-0.39, 0.29) is 17.8 Å². The van der Waals surface area contributed by atoms with Gasteiger partial charge in [-0.2, -0.15) is 0 Å². The number of fused-ring (bicyclic) bond motifs is 1. The number of ether oxygens (including phenoxy) is 1. The molecule has 4 nitrogen and oxygen atoms in total. The fraction of sp³-hybridized carbons (Fsp3) is 0.444. The summed E-state index contributed by atoms with van der Waals surface area (Å²) in [5.41, 5.74) is 1.04.